The molecule has 2 fully saturated rings. The molecule has 2 rings (SSSR count). The summed E-state index contributed by atoms with van der Waals surface area (Å²) in [7, 11) is 0. The lowest BCUT2D eigenvalue weighted by Crippen LogP contribution is -2.46. The molecule has 2 aliphatic rings. The van der Waals surface area contributed by atoms with Gasteiger partial charge >= 0.3 is 0 Å². The molecule has 18 heavy (non-hydrogen) atoms. The van der Waals surface area contributed by atoms with Crippen LogP contribution in [0.3, 0.4) is 0 Å². The first-order chi connectivity index (χ1) is 8.59. The van der Waals surface area contributed by atoms with Crippen LogP contribution in [0, 0.1) is 11.3 Å². The number of hydrogen-bond donors (Lipinski definition) is 2. The molecule has 0 bridgehead atoms. The Labute approximate surface area is 111 Å². The minimum atomic E-state index is 0.188. The van der Waals surface area contributed by atoms with Crippen LogP contribution >= 0.6 is 0 Å². The van der Waals surface area contributed by atoms with E-state index < -0.39 is 0 Å². The summed E-state index contributed by atoms with van der Waals surface area (Å²) in [6, 6.07) is 0.574. The fourth-order valence-corrected chi connectivity index (χ4v) is 3.25. The Morgan fingerprint density at radius 2 is 2.00 bits per heavy atom. The Bertz CT molecular complexity index is 276. The van der Waals surface area contributed by atoms with Gasteiger partial charge in [0.25, 0.3) is 0 Å². The van der Waals surface area contributed by atoms with Gasteiger partial charge in [-0.25, -0.2) is 0 Å². The summed E-state index contributed by atoms with van der Waals surface area (Å²) < 4.78 is 0. The first-order valence-corrected chi connectivity index (χ1v) is 7.60. The Morgan fingerprint density at radius 1 is 1.28 bits per heavy atom. The Hall–Kier alpha value is -0.570. The van der Waals surface area contributed by atoms with Crippen LogP contribution in [0.5, 0.6) is 0 Å². The van der Waals surface area contributed by atoms with Gasteiger partial charge in [-0.3, -0.25) is 4.79 Å². The van der Waals surface area contributed by atoms with Gasteiger partial charge in [-0.15, -0.1) is 0 Å². The summed E-state index contributed by atoms with van der Waals surface area (Å²) in [5.74, 6) is 0.453. The van der Waals surface area contributed by atoms with Crippen molar-refractivity contribution >= 4 is 5.91 Å². The Morgan fingerprint density at radius 3 is 2.61 bits per heavy atom. The van der Waals surface area contributed by atoms with Gasteiger partial charge in [-0.05, 0) is 38.0 Å². The molecule has 1 aliphatic carbocycles. The molecule has 2 unspecified atom stereocenters. The zero-order valence-corrected chi connectivity index (χ0v) is 11.9. The van der Waals surface area contributed by atoms with Gasteiger partial charge in [0.1, 0.15) is 0 Å². The molecule has 0 spiro atoms. The van der Waals surface area contributed by atoms with E-state index in [-0.39, 0.29) is 11.8 Å². The van der Waals surface area contributed by atoms with Crippen molar-refractivity contribution < 1.29 is 4.79 Å². The van der Waals surface area contributed by atoms with Crippen LogP contribution in [-0.4, -0.2) is 25.0 Å². The number of piperidine rings is 1. The van der Waals surface area contributed by atoms with Crippen molar-refractivity contribution in [3.63, 3.8) is 0 Å². The molecular formula is C15H28N2O. The van der Waals surface area contributed by atoms with E-state index in [0.717, 1.165) is 25.9 Å². The SMILES string of the molecule is CC1CCC(C(=O)NCC2(C)CCCCC2)CN1. The predicted molar refractivity (Wildman–Crippen MR) is 74.4 cm³/mol. The van der Waals surface area contributed by atoms with E-state index in [1.807, 2.05) is 0 Å². The normalized spacial score (nSPS) is 31.9. The molecule has 1 aliphatic heterocycles. The smallest absolute Gasteiger partial charge is 0.224 e. The van der Waals surface area contributed by atoms with E-state index in [2.05, 4.69) is 24.5 Å². The van der Waals surface area contributed by atoms with E-state index in [4.69, 9.17) is 0 Å². The van der Waals surface area contributed by atoms with Crippen LogP contribution in [-0.2, 0) is 4.79 Å². The van der Waals surface area contributed by atoms with Crippen molar-refractivity contribution in [3.05, 3.63) is 0 Å². The average molecular weight is 252 g/mol. The summed E-state index contributed by atoms with van der Waals surface area (Å²) in [5.41, 5.74) is 0.350. The largest absolute Gasteiger partial charge is 0.355 e. The molecule has 0 aromatic rings. The van der Waals surface area contributed by atoms with E-state index in [1.165, 1.54) is 32.1 Å². The lowest BCUT2D eigenvalue weighted by atomic mass is 9.75. The highest BCUT2D eigenvalue weighted by Gasteiger charge is 2.29. The molecule has 2 atom stereocenters. The lowest BCUT2D eigenvalue weighted by Gasteiger charge is -2.34. The van der Waals surface area contributed by atoms with Crippen molar-refractivity contribution in [2.24, 2.45) is 11.3 Å². The zero-order chi connectivity index (χ0) is 13.0. The predicted octanol–water partition coefficient (Wildman–Crippen LogP) is 2.46. The highest BCUT2D eigenvalue weighted by atomic mass is 16.1. The third-order valence-electron chi connectivity index (χ3n) is 4.78. The van der Waals surface area contributed by atoms with Crippen molar-refractivity contribution in [2.75, 3.05) is 13.1 Å². The Kier molecular flexibility index (Phi) is 4.66. The topological polar surface area (TPSA) is 41.1 Å². The van der Waals surface area contributed by atoms with E-state index in [9.17, 15) is 4.79 Å². The molecular weight excluding hydrogens is 224 g/mol. The molecule has 3 nitrogen and oxygen atoms in total. The van der Waals surface area contributed by atoms with Gasteiger partial charge in [0.2, 0.25) is 5.91 Å². The number of carbonyl (C=O) groups excluding carboxylic acids is 1. The second-order valence-electron chi connectivity index (χ2n) is 6.67. The molecule has 1 saturated heterocycles. The third-order valence-corrected chi connectivity index (χ3v) is 4.78. The minimum Gasteiger partial charge on any atom is -0.355 e. The van der Waals surface area contributed by atoms with Gasteiger partial charge in [0, 0.05) is 19.1 Å². The standard InChI is InChI=1S/C15H28N2O/c1-12-6-7-13(10-16-12)14(18)17-11-15(2)8-4-3-5-9-15/h12-13,16H,3-11H2,1-2H3,(H,17,18). The number of amides is 1. The molecule has 1 amide bonds. The van der Waals surface area contributed by atoms with E-state index in [0.29, 0.717) is 11.5 Å². The van der Waals surface area contributed by atoms with Crippen LogP contribution in [0.2, 0.25) is 0 Å². The molecule has 0 radical (unpaired) electrons. The summed E-state index contributed by atoms with van der Waals surface area (Å²) in [6.07, 6.45) is 8.73. The quantitative estimate of drug-likeness (QED) is 0.810. The van der Waals surface area contributed by atoms with Crippen LogP contribution in [0.4, 0.5) is 0 Å². The van der Waals surface area contributed by atoms with E-state index in [1.54, 1.807) is 0 Å². The first kappa shape index (κ1) is 13.9. The lowest BCUT2D eigenvalue weighted by molar-refractivity contribution is -0.126. The average Bonchev–Trinajstić information content (AvgIpc) is 2.38. The van der Waals surface area contributed by atoms with Crippen molar-refractivity contribution in [3.8, 4) is 0 Å². The molecule has 0 aromatic heterocycles. The van der Waals surface area contributed by atoms with Crippen molar-refractivity contribution in [1.82, 2.24) is 10.6 Å². The molecule has 2 N–H and O–H groups in total. The Balaban J connectivity index is 1.74. The van der Waals surface area contributed by atoms with Crippen molar-refractivity contribution in [1.29, 1.82) is 0 Å². The maximum absolute atomic E-state index is 12.1. The fourth-order valence-electron chi connectivity index (χ4n) is 3.25. The van der Waals surface area contributed by atoms with Gasteiger partial charge in [0.15, 0.2) is 0 Å². The van der Waals surface area contributed by atoms with Crippen LogP contribution in [0.1, 0.15) is 58.8 Å². The fraction of sp³-hybridized carbons (Fsp3) is 0.933. The molecule has 3 heteroatoms. The molecule has 1 saturated carbocycles. The van der Waals surface area contributed by atoms with Gasteiger partial charge < -0.3 is 10.6 Å². The summed E-state index contributed by atoms with van der Waals surface area (Å²) >= 11 is 0. The summed E-state index contributed by atoms with van der Waals surface area (Å²) in [6.45, 7) is 6.24. The highest BCUT2D eigenvalue weighted by Crippen LogP contribution is 2.35. The zero-order valence-electron chi connectivity index (χ0n) is 11.9. The molecule has 104 valence electrons. The maximum Gasteiger partial charge on any atom is 0.224 e. The van der Waals surface area contributed by atoms with Crippen molar-refractivity contribution in [2.45, 2.75) is 64.8 Å². The van der Waals surface area contributed by atoms with Gasteiger partial charge in [0.05, 0.1) is 5.92 Å². The van der Waals surface area contributed by atoms with Crippen LogP contribution in [0.15, 0.2) is 0 Å². The number of carbonyl (C=O) groups is 1. The number of rotatable bonds is 3. The highest BCUT2D eigenvalue weighted by molar-refractivity contribution is 5.79. The third kappa shape index (κ3) is 3.71. The second kappa shape index (κ2) is 6.05. The van der Waals surface area contributed by atoms with Crippen LogP contribution < -0.4 is 10.6 Å². The van der Waals surface area contributed by atoms with Gasteiger partial charge in [-0.1, -0.05) is 26.2 Å². The maximum atomic E-state index is 12.1. The second-order valence-corrected chi connectivity index (χ2v) is 6.67. The van der Waals surface area contributed by atoms with Crippen LogP contribution in [0.25, 0.3) is 0 Å². The minimum absolute atomic E-state index is 0.188. The van der Waals surface area contributed by atoms with Gasteiger partial charge in [-0.2, -0.15) is 0 Å². The molecule has 0 aromatic carbocycles. The first-order valence-electron chi connectivity index (χ1n) is 7.60. The summed E-state index contributed by atoms with van der Waals surface area (Å²) in [5, 5.41) is 6.60. The van der Waals surface area contributed by atoms with E-state index >= 15 is 0 Å². The number of hydrogen-bond acceptors (Lipinski definition) is 2. The monoisotopic (exact) mass is 252 g/mol. The number of nitrogens with one attached hydrogen (secondary N) is 2. The molecule has 1 heterocycles. The summed E-state index contributed by atoms with van der Waals surface area (Å²) in [4.78, 5) is 12.1.